The summed E-state index contributed by atoms with van der Waals surface area (Å²) in [5, 5.41) is 6.88. The fraction of sp³-hybridized carbons (Fsp3) is 0.258. The van der Waals surface area contributed by atoms with E-state index in [1.165, 1.54) is 0 Å². The van der Waals surface area contributed by atoms with Crippen molar-refractivity contribution in [2.24, 2.45) is 0 Å². The highest BCUT2D eigenvalue weighted by Gasteiger charge is 2.29. The van der Waals surface area contributed by atoms with Crippen molar-refractivity contribution in [2.75, 3.05) is 60.8 Å². The van der Waals surface area contributed by atoms with E-state index in [2.05, 4.69) is 15.5 Å². The molecule has 0 saturated carbocycles. The van der Waals surface area contributed by atoms with Crippen molar-refractivity contribution < 1.29 is 19.1 Å². The SMILES string of the molecule is CC(=O)N(CCCN(C)C)c1ccc(N/C(=C2\C(=O)Nc3cc(Cl)ccc32)c2ccc(N3CCOC3=O)cc2)cc1. The molecule has 0 spiro atoms. The Morgan fingerprint density at radius 2 is 1.76 bits per heavy atom. The van der Waals surface area contributed by atoms with Crippen LogP contribution in [0.15, 0.2) is 66.7 Å². The number of hydrogen-bond acceptors (Lipinski definition) is 6. The maximum atomic E-state index is 13.3. The average molecular weight is 574 g/mol. The Morgan fingerprint density at radius 3 is 2.39 bits per heavy atom. The monoisotopic (exact) mass is 573 g/mol. The van der Waals surface area contributed by atoms with Gasteiger partial charge in [0.2, 0.25) is 5.91 Å². The van der Waals surface area contributed by atoms with Gasteiger partial charge < -0.3 is 25.2 Å². The molecule has 3 aromatic rings. The van der Waals surface area contributed by atoms with Gasteiger partial charge >= 0.3 is 6.09 Å². The van der Waals surface area contributed by atoms with Crippen molar-refractivity contribution in [1.82, 2.24) is 4.90 Å². The second kappa shape index (κ2) is 12.0. The van der Waals surface area contributed by atoms with E-state index in [1.54, 1.807) is 28.9 Å². The van der Waals surface area contributed by atoms with Crippen molar-refractivity contribution >= 4 is 63.5 Å². The molecule has 10 heteroatoms. The molecule has 212 valence electrons. The van der Waals surface area contributed by atoms with E-state index >= 15 is 0 Å². The molecule has 2 aliphatic heterocycles. The number of carbonyl (C=O) groups excluding carboxylic acids is 3. The van der Waals surface area contributed by atoms with E-state index in [1.807, 2.05) is 68.7 Å². The summed E-state index contributed by atoms with van der Waals surface area (Å²) in [4.78, 5) is 43.1. The summed E-state index contributed by atoms with van der Waals surface area (Å²) in [6, 6.07) is 20.3. The normalized spacial score (nSPS) is 15.5. The molecule has 41 heavy (non-hydrogen) atoms. The number of amides is 3. The Kier molecular flexibility index (Phi) is 8.28. The highest BCUT2D eigenvalue weighted by atomic mass is 35.5. The molecular weight excluding hydrogens is 542 g/mol. The lowest BCUT2D eigenvalue weighted by Crippen LogP contribution is -2.31. The Labute approximate surface area is 244 Å². The number of hydrogen-bond donors (Lipinski definition) is 2. The maximum absolute atomic E-state index is 13.3. The first-order chi connectivity index (χ1) is 19.7. The van der Waals surface area contributed by atoms with Crippen LogP contribution >= 0.6 is 11.6 Å². The molecule has 2 N–H and O–H groups in total. The third-order valence-corrected chi connectivity index (χ3v) is 7.26. The molecule has 9 nitrogen and oxygen atoms in total. The Hall–Kier alpha value is -4.34. The van der Waals surface area contributed by atoms with Crippen LogP contribution in [0, 0.1) is 0 Å². The van der Waals surface area contributed by atoms with E-state index in [-0.39, 0.29) is 17.9 Å². The highest BCUT2D eigenvalue weighted by Crippen LogP contribution is 2.39. The minimum absolute atomic E-state index is 0.0212. The van der Waals surface area contributed by atoms with Crippen LogP contribution in [-0.4, -0.2) is 63.1 Å². The summed E-state index contributed by atoms with van der Waals surface area (Å²) in [7, 11) is 4.02. The van der Waals surface area contributed by atoms with Crippen LogP contribution in [-0.2, 0) is 14.3 Å². The molecule has 3 amide bonds. The first-order valence-corrected chi connectivity index (χ1v) is 13.8. The third kappa shape index (κ3) is 6.21. The van der Waals surface area contributed by atoms with Gasteiger partial charge in [0.1, 0.15) is 6.61 Å². The summed E-state index contributed by atoms with van der Waals surface area (Å²) in [6.45, 7) is 3.90. The maximum Gasteiger partial charge on any atom is 0.414 e. The Morgan fingerprint density at radius 1 is 1.02 bits per heavy atom. The van der Waals surface area contributed by atoms with Crippen molar-refractivity contribution in [3.63, 3.8) is 0 Å². The van der Waals surface area contributed by atoms with Gasteiger partial charge in [-0.05, 0) is 81.2 Å². The first kappa shape index (κ1) is 28.2. The minimum Gasteiger partial charge on any atom is -0.447 e. The van der Waals surface area contributed by atoms with Gasteiger partial charge in [0.25, 0.3) is 5.91 Å². The number of nitrogens with zero attached hydrogens (tertiary/aromatic N) is 3. The molecule has 1 saturated heterocycles. The minimum atomic E-state index is -0.378. The van der Waals surface area contributed by atoms with Crippen molar-refractivity contribution in [3.05, 3.63) is 82.9 Å². The van der Waals surface area contributed by atoms with Crippen molar-refractivity contribution in [1.29, 1.82) is 0 Å². The van der Waals surface area contributed by atoms with Crippen LogP contribution in [0.5, 0.6) is 0 Å². The first-order valence-electron chi connectivity index (χ1n) is 13.4. The molecule has 2 heterocycles. The fourth-order valence-corrected chi connectivity index (χ4v) is 5.16. The Bertz CT molecular complexity index is 1500. The van der Waals surface area contributed by atoms with Crippen LogP contribution in [0.25, 0.3) is 11.3 Å². The van der Waals surface area contributed by atoms with Gasteiger partial charge in [-0.1, -0.05) is 29.8 Å². The van der Waals surface area contributed by atoms with Crippen LogP contribution in [0.2, 0.25) is 5.02 Å². The quantitative estimate of drug-likeness (QED) is 0.327. The zero-order chi connectivity index (χ0) is 29.1. The molecule has 0 unspecified atom stereocenters. The number of benzene rings is 3. The van der Waals surface area contributed by atoms with Gasteiger partial charge in [-0.25, -0.2) is 4.79 Å². The second-order valence-electron chi connectivity index (χ2n) is 10.2. The number of fused-ring (bicyclic) bond motifs is 1. The summed E-state index contributed by atoms with van der Waals surface area (Å²) < 4.78 is 5.07. The van der Waals surface area contributed by atoms with E-state index in [9.17, 15) is 14.4 Å². The fourth-order valence-electron chi connectivity index (χ4n) is 4.99. The zero-order valence-electron chi connectivity index (χ0n) is 23.2. The largest absolute Gasteiger partial charge is 0.447 e. The molecular formula is C31H32ClN5O4. The summed E-state index contributed by atoms with van der Waals surface area (Å²) in [5.41, 5.74) is 5.46. The molecule has 3 aromatic carbocycles. The highest BCUT2D eigenvalue weighted by molar-refractivity contribution is 6.38. The number of anilines is 4. The van der Waals surface area contributed by atoms with Gasteiger partial charge in [0.05, 0.1) is 23.5 Å². The molecule has 5 rings (SSSR count). The van der Waals surface area contributed by atoms with E-state index in [0.29, 0.717) is 47.4 Å². The molecule has 0 atom stereocenters. The number of nitrogens with one attached hydrogen (secondary N) is 2. The van der Waals surface area contributed by atoms with E-state index < -0.39 is 0 Å². The molecule has 0 bridgehead atoms. The number of cyclic esters (lactones) is 1. The lowest BCUT2D eigenvalue weighted by Gasteiger charge is -2.23. The van der Waals surface area contributed by atoms with Crippen LogP contribution in [0.4, 0.5) is 27.5 Å². The molecule has 2 aliphatic rings. The second-order valence-corrected chi connectivity index (χ2v) is 10.6. The van der Waals surface area contributed by atoms with Crippen molar-refractivity contribution in [2.45, 2.75) is 13.3 Å². The van der Waals surface area contributed by atoms with Crippen LogP contribution < -0.4 is 20.4 Å². The van der Waals surface area contributed by atoms with Crippen LogP contribution in [0.3, 0.4) is 0 Å². The van der Waals surface area contributed by atoms with Crippen molar-refractivity contribution in [3.8, 4) is 0 Å². The topological polar surface area (TPSA) is 94.2 Å². The van der Waals surface area contributed by atoms with Gasteiger partial charge in [-0.3, -0.25) is 14.5 Å². The number of ether oxygens (including phenoxy) is 1. The molecule has 0 radical (unpaired) electrons. The average Bonchev–Trinajstić information content (AvgIpc) is 3.51. The number of rotatable bonds is 9. The zero-order valence-corrected chi connectivity index (χ0v) is 24.0. The summed E-state index contributed by atoms with van der Waals surface area (Å²) >= 11 is 6.19. The molecule has 0 aromatic heterocycles. The smallest absolute Gasteiger partial charge is 0.414 e. The predicted molar refractivity (Wildman–Crippen MR) is 163 cm³/mol. The van der Waals surface area contributed by atoms with E-state index in [4.69, 9.17) is 16.3 Å². The number of halogens is 1. The summed E-state index contributed by atoms with van der Waals surface area (Å²) in [6.07, 6.45) is 0.476. The molecule has 1 fully saturated rings. The summed E-state index contributed by atoms with van der Waals surface area (Å²) in [5.74, 6) is -0.274. The Balaban J connectivity index is 1.49. The van der Waals surface area contributed by atoms with E-state index in [0.717, 1.165) is 35.5 Å². The lowest BCUT2D eigenvalue weighted by molar-refractivity contribution is -0.116. The van der Waals surface area contributed by atoms with Gasteiger partial charge in [0.15, 0.2) is 0 Å². The van der Waals surface area contributed by atoms with Gasteiger partial charge in [0, 0.05) is 41.1 Å². The molecule has 0 aliphatic carbocycles. The van der Waals surface area contributed by atoms with Crippen LogP contribution in [0.1, 0.15) is 24.5 Å². The predicted octanol–water partition coefficient (Wildman–Crippen LogP) is 5.53. The van der Waals surface area contributed by atoms with Gasteiger partial charge in [-0.2, -0.15) is 0 Å². The lowest BCUT2D eigenvalue weighted by atomic mass is 9.99. The standard InChI is InChI=1S/C31H32ClN5O4/c1-20(38)36(16-4-15-35(2)3)24-12-8-23(9-13-24)33-29(28-26-14-7-22(32)19-27(26)34-30(28)39)21-5-10-25(11-6-21)37-17-18-41-31(37)40/h5-14,19,33H,4,15-18H2,1-3H3,(H,34,39)/b29-28-. The van der Waals surface area contributed by atoms with Gasteiger partial charge in [-0.15, -0.1) is 0 Å². The number of carbonyl (C=O) groups is 3. The third-order valence-electron chi connectivity index (χ3n) is 7.02.